The summed E-state index contributed by atoms with van der Waals surface area (Å²) in [5, 5.41) is 6.89. The van der Waals surface area contributed by atoms with Crippen molar-refractivity contribution in [3.8, 4) is 0 Å². The SMILES string of the molecule is CN(C)CCC1CCN(C(=O)CC2CCOC2)CC1.O=CO. The van der Waals surface area contributed by atoms with E-state index in [-0.39, 0.29) is 6.47 Å². The average Bonchev–Trinajstić information content (AvgIpc) is 2.99. The van der Waals surface area contributed by atoms with Gasteiger partial charge < -0.3 is 19.6 Å². The zero-order chi connectivity index (χ0) is 16.4. The van der Waals surface area contributed by atoms with Crippen molar-refractivity contribution in [2.75, 3.05) is 46.9 Å². The van der Waals surface area contributed by atoms with Crippen LogP contribution in [0.15, 0.2) is 0 Å². The maximum Gasteiger partial charge on any atom is 0.290 e. The van der Waals surface area contributed by atoms with Crippen molar-refractivity contribution < 1.29 is 19.4 Å². The molecule has 1 unspecified atom stereocenters. The zero-order valence-corrected chi connectivity index (χ0v) is 13.9. The van der Waals surface area contributed by atoms with Crippen molar-refractivity contribution in [2.24, 2.45) is 11.8 Å². The fraction of sp³-hybridized carbons (Fsp3) is 0.875. The number of amides is 1. The second kappa shape index (κ2) is 10.6. The molecule has 0 spiro atoms. The van der Waals surface area contributed by atoms with Crippen LogP contribution in [0, 0.1) is 11.8 Å². The molecule has 22 heavy (non-hydrogen) atoms. The lowest BCUT2D eigenvalue weighted by Crippen LogP contribution is -2.39. The largest absolute Gasteiger partial charge is 0.483 e. The third kappa shape index (κ3) is 7.22. The van der Waals surface area contributed by atoms with Crippen molar-refractivity contribution in [3.63, 3.8) is 0 Å². The molecule has 2 heterocycles. The first kappa shape index (κ1) is 18.9. The summed E-state index contributed by atoms with van der Waals surface area (Å²) in [5.41, 5.74) is 0. The molecule has 0 saturated carbocycles. The van der Waals surface area contributed by atoms with Gasteiger partial charge in [0, 0.05) is 32.7 Å². The van der Waals surface area contributed by atoms with E-state index in [0.717, 1.165) is 45.2 Å². The Morgan fingerprint density at radius 3 is 2.41 bits per heavy atom. The average molecular weight is 314 g/mol. The lowest BCUT2D eigenvalue weighted by Gasteiger charge is -2.33. The van der Waals surface area contributed by atoms with E-state index in [4.69, 9.17) is 14.6 Å². The van der Waals surface area contributed by atoms with Crippen molar-refractivity contribution >= 4 is 12.4 Å². The van der Waals surface area contributed by atoms with E-state index in [1.165, 1.54) is 19.3 Å². The number of hydrogen-bond acceptors (Lipinski definition) is 4. The van der Waals surface area contributed by atoms with Crippen molar-refractivity contribution in [3.05, 3.63) is 0 Å². The summed E-state index contributed by atoms with van der Waals surface area (Å²) >= 11 is 0. The standard InChI is InChI=1S/C15H28N2O2.CH2O2/c1-16(2)7-3-13-4-8-17(9-5-13)15(18)11-14-6-10-19-12-14;2-1-3/h13-14H,3-12H2,1-2H3;1H,(H,2,3). The van der Waals surface area contributed by atoms with E-state index >= 15 is 0 Å². The maximum absolute atomic E-state index is 12.2. The van der Waals surface area contributed by atoms with Gasteiger partial charge >= 0.3 is 0 Å². The van der Waals surface area contributed by atoms with Gasteiger partial charge in [-0.15, -0.1) is 0 Å². The Kier molecular flexibility index (Phi) is 9.08. The molecule has 6 nitrogen and oxygen atoms in total. The first-order chi connectivity index (χ1) is 10.6. The van der Waals surface area contributed by atoms with Gasteiger partial charge in [0.05, 0.1) is 0 Å². The van der Waals surface area contributed by atoms with Crippen molar-refractivity contribution in [1.82, 2.24) is 9.80 Å². The van der Waals surface area contributed by atoms with Crippen LogP contribution in [0.1, 0.15) is 32.1 Å². The van der Waals surface area contributed by atoms with Crippen LogP contribution in [0.2, 0.25) is 0 Å². The van der Waals surface area contributed by atoms with Crippen LogP contribution in [-0.4, -0.2) is 74.2 Å². The van der Waals surface area contributed by atoms with Crippen LogP contribution in [0.25, 0.3) is 0 Å². The van der Waals surface area contributed by atoms with Crippen molar-refractivity contribution in [2.45, 2.75) is 32.1 Å². The Balaban J connectivity index is 0.000000745. The van der Waals surface area contributed by atoms with Crippen molar-refractivity contribution in [1.29, 1.82) is 0 Å². The normalized spacial score (nSPS) is 22.3. The molecule has 0 aromatic carbocycles. The summed E-state index contributed by atoms with van der Waals surface area (Å²) in [5.74, 6) is 1.63. The summed E-state index contributed by atoms with van der Waals surface area (Å²) in [6, 6.07) is 0. The number of carbonyl (C=O) groups is 2. The molecule has 1 N–H and O–H groups in total. The second-order valence-corrected chi connectivity index (χ2v) is 6.46. The molecular formula is C16H30N2O4. The van der Waals surface area contributed by atoms with E-state index in [2.05, 4.69) is 23.9 Å². The number of ether oxygens (including phenoxy) is 1. The minimum atomic E-state index is -0.250. The predicted octanol–water partition coefficient (Wildman–Crippen LogP) is 1.30. The molecule has 0 aliphatic carbocycles. The zero-order valence-electron chi connectivity index (χ0n) is 13.9. The van der Waals surface area contributed by atoms with Crippen LogP contribution >= 0.6 is 0 Å². The number of piperidine rings is 1. The highest BCUT2D eigenvalue weighted by molar-refractivity contribution is 5.76. The van der Waals surface area contributed by atoms with Gasteiger partial charge in [-0.1, -0.05) is 0 Å². The van der Waals surface area contributed by atoms with Crippen LogP contribution in [-0.2, 0) is 14.3 Å². The Morgan fingerprint density at radius 2 is 1.91 bits per heavy atom. The van der Waals surface area contributed by atoms with Gasteiger partial charge in [-0.25, -0.2) is 0 Å². The monoisotopic (exact) mass is 314 g/mol. The van der Waals surface area contributed by atoms with E-state index in [1.54, 1.807) is 0 Å². The highest BCUT2D eigenvalue weighted by Crippen LogP contribution is 2.23. The maximum atomic E-state index is 12.2. The van der Waals surface area contributed by atoms with Gasteiger partial charge in [-0.2, -0.15) is 0 Å². The molecule has 2 rings (SSSR count). The number of carbonyl (C=O) groups excluding carboxylic acids is 1. The van der Waals surface area contributed by atoms with Gasteiger partial charge in [0.2, 0.25) is 5.91 Å². The molecule has 128 valence electrons. The molecule has 0 bridgehead atoms. The highest BCUT2D eigenvalue weighted by atomic mass is 16.5. The van der Waals surface area contributed by atoms with Gasteiger partial charge in [-0.05, 0) is 58.2 Å². The molecule has 1 atom stereocenters. The summed E-state index contributed by atoms with van der Waals surface area (Å²) in [6.45, 7) is 4.46. The number of nitrogens with zero attached hydrogens (tertiary/aromatic N) is 2. The third-order valence-corrected chi connectivity index (χ3v) is 4.44. The van der Waals surface area contributed by atoms with Crippen LogP contribution < -0.4 is 0 Å². The molecule has 2 aliphatic heterocycles. The summed E-state index contributed by atoms with van der Waals surface area (Å²) in [6.07, 6.45) is 5.39. The molecule has 6 heteroatoms. The number of hydrogen-bond donors (Lipinski definition) is 1. The first-order valence-corrected chi connectivity index (χ1v) is 8.15. The lowest BCUT2D eigenvalue weighted by molar-refractivity contribution is -0.133. The van der Waals surface area contributed by atoms with Crippen LogP contribution in [0.3, 0.4) is 0 Å². The van der Waals surface area contributed by atoms with Gasteiger partial charge in [0.25, 0.3) is 6.47 Å². The quantitative estimate of drug-likeness (QED) is 0.775. The topological polar surface area (TPSA) is 70.1 Å². The molecule has 2 saturated heterocycles. The molecule has 2 aliphatic rings. The Bertz CT molecular complexity index is 322. The van der Waals surface area contributed by atoms with Gasteiger partial charge in [0.1, 0.15) is 0 Å². The minimum absolute atomic E-state index is 0.250. The molecule has 0 aromatic heterocycles. The van der Waals surface area contributed by atoms with Crippen LogP contribution in [0.4, 0.5) is 0 Å². The van der Waals surface area contributed by atoms with Gasteiger partial charge in [0.15, 0.2) is 0 Å². The molecule has 0 radical (unpaired) electrons. The van der Waals surface area contributed by atoms with Gasteiger partial charge in [-0.3, -0.25) is 9.59 Å². The number of likely N-dealkylation sites (tertiary alicyclic amines) is 1. The summed E-state index contributed by atoms with van der Waals surface area (Å²) in [4.78, 5) is 24.9. The van der Waals surface area contributed by atoms with E-state index in [1.807, 2.05) is 0 Å². The Morgan fingerprint density at radius 1 is 1.27 bits per heavy atom. The van der Waals surface area contributed by atoms with E-state index < -0.39 is 0 Å². The fourth-order valence-corrected chi connectivity index (χ4v) is 3.03. The van der Waals surface area contributed by atoms with E-state index in [9.17, 15) is 4.79 Å². The molecule has 1 amide bonds. The molecular weight excluding hydrogens is 284 g/mol. The van der Waals surface area contributed by atoms with E-state index in [0.29, 0.717) is 18.2 Å². The number of rotatable bonds is 5. The lowest BCUT2D eigenvalue weighted by atomic mass is 9.92. The smallest absolute Gasteiger partial charge is 0.290 e. The Hall–Kier alpha value is -1.14. The predicted molar refractivity (Wildman–Crippen MR) is 84.7 cm³/mol. The molecule has 0 aromatic rings. The number of carboxylic acid groups (broad SMARTS) is 1. The Labute approximate surface area is 133 Å². The fourth-order valence-electron chi connectivity index (χ4n) is 3.03. The summed E-state index contributed by atoms with van der Waals surface area (Å²) < 4.78 is 5.34. The first-order valence-electron chi connectivity index (χ1n) is 8.15. The molecule has 2 fully saturated rings. The third-order valence-electron chi connectivity index (χ3n) is 4.44. The van der Waals surface area contributed by atoms with Crippen LogP contribution in [0.5, 0.6) is 0 Å². The minimum Gasteiger partial charge on any atom is -0.483 e. The second-order valence-electron chi connectivity index (χ2n) is 6.46. The summed E-state index contributed by atoms with van der Waals surface area (Å²) in [7, 11) is 4.25. The highest BCUT2D eigenvalue weighted by Gasteiger charge is 2.26.